The van der Waals surface area contributed by atoms with Crippen LogP contribution in [0.15, 0.2) is 59.1 Å². The molecule has 0 spiro atoms. The van der Waals surface area contributed by atoms with E-state index in [2.05, 4.69) is 46.0 Å². The number of para-hydroxylation sites is 1. The number of oxazole rings is 1. The van der Waals surface area contributed by atoms with Crippen LogP contribution in [0.1, 0.15) is 11.5 Å². The molecule has 4 nitrogen and oxygen atoms in total. The molecule has 0 bridgehead atoms. The van der Waals surface area contributed by atoms with Gasteiger partial charge in [0.15, 0.2) is 5.76 Å². The highest BCUT2D eigenvalue weighted by Crippen LogP contribution is 2.24. The lowest BCUT2D eigenvalue weighted by Crippen LogP contribution is -2.46. The lowest BCUT2D eigenvalue weighted by molar-refractivity contribution is 0.227. The molecular formula is C21H22ClN3O. The van der Waals surface area contributed by atoms with Crippen LogP contribution in [0.4, 0.5) is 5.69 Å². The minimum absolute atomic E-state index is 0.722. The molecule has 1 aliphatic heterocycles. The standard InChI is InChI=1S/C21H22ClN3O/c1-16-4-2-3-5-19(16)25-12-10-24(11-13-25)15-21-23-14-20(26-21)17-6-8-18(22)9-7-17/h2-9,14H,10-13,15H2,1H3. The van der Waals surface area contributed by atoms with Crippen LogP contribution in [-0.2, 0) is 6.54 Å². The van der Waals surface area contributed by atoms with Crippen LogP contribution in [-0.4, -0.2) is 36.1 Å². The number of rotatable bonds is 4. The summed E-state index contributed by atoms with van der Waals surface area (Å²) in [5.74, 6) is 1.55. The third-order valence-electron chi connectivity index (χ3n) is 4.87. The summed E-state index contributed by atoms with van der Waals surface area (Å²) in [5, 5.41) is 0.722. The van der Waals surface area contributed by atoms with E-state index in [9.17, 15) is 0 Å². The van der Waals surface area contributed by atoms with E-state index in [4.69, 9.17) is 16.0 Å². The lowest BCUT2D eigenvalue weighted by atomic mass is 10.1. The van der Waals surface area contributed by atoms with Crippen LogP contribution >= 0.6 is 11.6 Å². The number of aryl methyl sites for hydroxylation is 1. The van der Waals surface area contributed by atoms with Crippen LogP contribution in [0.2, 0.25) is 5.02 Å². The van der Waals surface area contributed by atoms with Gasteiger partial charge in [-0.3, -0.25) is 4.90 Å². The van der Waals surface area contributed by atoms with Crippen LogP contribution in [0.3, 0.4) is 0 Å². The summed E-state index contributed by atoms with van der Waals surface area (Å²) >= 11 is 5.94. The quantitative estimate of drug-likeness (QED) is 0.673. The molecule has 2 aromatic carbocycles. The van der Waals surface area contributed by atoms with Gasteiger partial charge in [-0.2, -0.15) is 0 Å². The SMILES string of the molecule is Cc1ccccc1N1CCN(Cc2ncc(-c3ccc(Cl)cc3)o2)CC1. The first-order valence-corrected chi connectivity index (χ1v) is 9.30. The molecule has 0 N–H and O–H groups in total. The van der Waals surface area contributed by atoms with E-state index in [0.717, 1.165) is 55.0 Å². The monoisotopic (exact) mass is 367 g/mol. The number of aromatic nitrogens is 1. The Hall–Kier alpha value is -2.30. The Morgan fingerprint density at radius 1 is 1.00 bits per heavy atom. The van der Waals surface area contributed by atoms with Crippen molar-refractivity contribution in [1.82, 2.24) is 9.88 Å². The predicted molar refractivity (Wildman–Crippen MR) is 106 cm³/mol. The van der Waals surface area contributed by atoms with Crippen molar-refractivity contribution in [3.8, 4) is 11.3 Å². The second-order valence-electron chi connectivity index (χ2n) is 6.67. The maximum atomic E-state index is 5.94. The van der Waals surface area contributed by atoms with E-state index in [1.54, 1.807) is 6.20 Å². The Kier molecular flexibility index (Phi) is 4.96. The fraction of sp³-hybridized carbons (Fsp3) is 0.286. The van der Waals surface area contributed by atoms with Crippen LogP contribution in [0.25, 0.3) is 11.3 Å². The van der Waals surface area contributed by atoms with Gasteiger partial charge < -0.3 is 9.32 Å². The molecule has 1 aromatic heterocycles. The Bertz CT molecular complexity index is 867. The molecule has 5 heteroatoms. The zero-order valence-electron chi connectivity index (χ0n) is 14.9. The highest BCUT2D eigenvalue weighted by Gasteiger charge is 2.20. The first kappa shape index (κ1) is 17.1. The minimum Gasteiger partial charge on any atom is -0.439 e. The number of nitrogens with zero attached hydrogens (tertiary/aromatic N) is 3. The van der Waals surface area contributed by atoms with Gasteiger partial charge in [0.2, 0.25) is 5.89 Å². The Balaban J connectivity index is 1.36. The van der Waals surface area contributed by atoms with Gasteiger partial charge in [-0.15, -0.1) is 0 Å². The maximum absolute atomic E-state index is 5.94. The lowest BCUT2D eigenvalue weighted by Gasteiger charge is -2.36. The van der Waals surface area contributed by atoms with Crippen molar-refractivity contribution in [3.63, 3.8) is 0 Å². The van der Waals surface area contributed by atoms with E-state index in [1.807, 2.05) is 24.3 Å². The van der Waals surface area contributed by atoms with Crippen molar-refractivity contribution in [2.24, 2.45) is 0 Å². The number of halogens is 1. The number of piperazine rings is 1. The van der Waals surface area contributed by atoms with E-state index < -0.39 is 0 Å². The van der Waals surface area contributed by atoms with Crippen molar-refractivity contribution in [3.05, 3.63) is 71.2 Å². The molecule has 0 atom stereocenters. The third kappa shape index (κ3) is 3.76. The predicted octanol–water partition coefficient (Wildman–Crippen LogP) is 4.63. The van der Waals surface area contributed by atoms with Gasteiger partial charge in [-0.1, -0.05) is 29.8 Å². The molecule has 1 fully saturated rings. The first-order valence-electron chi connectivity index (χ1n) is 8.92. The largest absolute Gasteiger partial charge is 0.439 e. The molecule has 4 rings (SSSR count). The zero-order chi connectivity index (χ0) is 17.9. The molecule has 1 saturated heterocycles. The number of hydrogen-bond donors (Lipinski definition) is 0. The summed E-state index contributed by atoms with van der Waals surface area (Å²) in [7, 11) is 0. The second kappa shape index (κ2) is 7.52. The van der Waals surface area contributed by atoms with E-state index in [1.165, 1.54) is 11.3 Å². The van der Waals surface area contributed by atoms with E-state index >= 15 is 0 Å². The Morgan fingerprint density at radius 2 is 1.73 bits per heavy atom. The molecular weight excluding hydrogens is 346 g/mol. The normalized spacial score (nSPS) is 15.4. The molecule has 0 amide bonds. The topological polar surface area (TPSA) is 32.5 Å². The molecule has 0 radical (unpaired) electrons. The van der Waals surface area contributed by atoms with Crippen LogP contribution in [0.5, 0.6) is 0 Å². The van der Waals surface area contributed by atoms with Crippen molar-refractivity contribution >= 4 is 17.3 Å². The zero-order valence-corrected chi connectivity index (χ0v) is 15.6. The van der Waals surface area contributed by atoms with Crippen molar-refractivity contribution < 1.29 is 4.42 Å². The molecule has 0 saturated carbocycles. The highest BCUT2D eigenvalue weighted by molar-refractivity contribution is 6.30. The summed E-state index contributed by atoms with van der Waals surface area (Å²) in [5.41, 5.74) is 3.67. The van der Waals surface area contributed by atoms with Gasteiger partial charge in [0, 0.05) is 42.5 Å². The molecule has 0 unspecified atom stereocenters. The molecule has 134 valence electrons. The highest BCUT2D eigenvalue weighted by atomic mass is 35.5. The Morgan fingerprint density at radius 3 is 2.46 bits per heavy atom. The average Bonchev–Trinajstić information content (AvgIpc) is 3.12. The molecule has 26 heavy (non-hydrogen) atoms. The summed E-state index contributed by atoms with van der Waals surface area (Å²) in [6, 6.07) is 16.2. The average molecular weight is 368 g/mol. The second-order valence-corrected chi connectivity index (χ2v) is 7.11. The van der Waals surface area contributed by atoms with Gasteiger partial charge in [-0.25, -0.2) is 4.98 Å². The molecule has 3 aromatic rings. The van der Waals surface area contributed by atoms with Gasteiger partial charge in [0.25, 0.3) is 0 Å². The van der Waals surface area contributed by atoms with Crippen molar-refractivity contribution in [2.75, 3.05) is 31.1 Å². The number of benzene rings is 2. The van der Waals surface area contributed by atoms with Gasteiger partial charge >= 0.3 is 0 Å². The fourth-order valence-corrected chi connectivity index (χ4v) is 3.51. The summed E-state index contributed by atoms with van der Waals surface area (Å²) < 4.78 is 5.93. The van der Waals surface area contributed by atoms with Gasteiger partial charge in [-0.05, 0) is 42.8 Å². The van der Waals surface area contributed by atoms with Crippen LogP contribution < -0.4 is 4.90 Å². The van der Waals surface area contributed by atoms with Crippen molar-refractivity contribution in [1.29, 1.82) is 0 Å². The summed E-state index contributed by atoms with van der Waals surface area (Å²) in [4.78, 5) is 9.30. The van der Waals surface area contributed by atoms with E-state index in [-0.39, 0.29) is 0 Å². The summed E-state index contributed by atoms with van der Waals surface area (Å²) in [6.45, 7) is 6.98. The maximum Gasteiger partial charge on any atom is 0.209 e. The minimum atomic E-state index is 0.722. The molecule has 1 aliphatic rings. The third-order valence-corrected chi connectivity index (χ3v) is 5.12. The number of hydrogen-bond acceptors (Lipinski definition) is 4. The molecule has 0 aliphatic carbocycles. The van der Waals surface area contributed by atoms with Gasteiger partial charge in [0.1, 0.15) is 0 Å². The molecule has 2 heterocycles. The van der Waals surface area contributed by atoms with E-state index in [0.29, 0.717) is 0 Å². The first-order chi connectivity index (χ1) is 12.7. The Labute approximate surface area is 159 Å². The van der Waals surface area contributed by atoms with Crippen LogP contribution in [0, 0.1) is 6.92 Å². The smallest absolute Gasteiger partial charge is 0.209 e. The fourth-order valence-electron chi connectivity index (χ4n) is 3.39. The number of anilines is 1. The summed E-state index contributed by atoms with van der Waals surface area (Å²) in [6.07, 6.45) is 1.79. The van der Waals surface area contributed by atoms with Gasteiger partial charge in [0.05, 0.1) is 12.7 Å². The van der Waals surface area contributed by atoms with Crippen molar-refractivity contribution in [2.45, 2.75) is 13.5 Å².